The minimum atomic E-state index is 0.110. The second kappa shape index (κ2) is 8.20. The number of aryl methyl sites for hydroxylation is 1. The topological polar surface area (TPSA) is 62.2 Å². The monoisotopic (exact) mass is 403 g/mol. The van der Waals surface area contributed by atoms with Crippen LogP contribution in [-0.4, -0.2) is 46.7 Å². The third kappa shape index (κ3) is 3.73. The van der Waals surface area contributed by atoms with E-state index in [4.69, 9.17) is 0 Å². The number of piperazine rings is 1. The third-order valence-corrected chi connectivity index (χ3v) is 6.35. The molecule has 0 bridgehead atoms. The van der Waals surface area contributed by atoms with Crippen molar-refractivity contribution in [2.45, 2.75) is 38.9 Å². The third-order valence-electron chi connectivity index (χ3n) is 6.35. The number of anilines is 1. The summed E-state index contributed by atoms with van der Waals surface area (Å²) in [6, 6.07) is 11.0. The molecule has 0 amide bonds. The largest absolute Gasteiger partial charge is 0.380 e. The quantitative estimate of drug-likeness (QED) is 0.685. The smallest absolute Gasteiger partial charge is 0.195 e. The van der Waals surface area contributed by atoms with Crippen molar-refractivity contribution >= 4 is 16.7 Å². The Morgan fingerprint density at radius 1 is 1.17 bits per heavy atom. The van der Waals surface area contributed by atoms with Gasteiger partial charge in [-0.1, -0.05) is 24.3 Å². The number of fused-ring (bicyclic) bond motifs is 2. The van der Waals surface area contributed by atoms with E-state index in [0.29, 0.717) is 18.0 Å². The minimum Gasteiger partial charge on any atom is -0.380 e. The van der Waals surface area contributed by atoms with Gasteiger partial charge in [0.25, 0.3) is 0 Å². The molecule has 6 heteroatoms. The summed E-state index contributed by atoms with van der Waals surface area (Å²) >= 11 is 0. The Labute approximate surface area is 176 Å². The molecule has 156 valence electrons. The zero-order chi connectivity index (χ0) is 20.5. The van der Waals surface area contributed by atoms with Crippen LogP contribution in [0.15, 0.2) is 47.5 Å². The van der Waals surface area contributed by atoms with Crippen LogP contribution in [0.2, 0.25) is 0 Å². The van der Waals surface area contributed by atoms with E-state index in [1.165, 1.54) is 11.1 Å². The van der Waals surface area contributed by atoms with Gasteiger partial charge in [0.15, 0.2) is 5.43 Å². The molecule has 1 saturated heterocycles. The Balaban J connectivity index is 1.44. The molecule has 0 unspecified atom stereocenters. The van der Waals surface area contributed by atoms with Crippen molar-refractivity contribution in [1.82, 2.24) is 19.8 Å². The highest BCUT2D eigenvalue weighted by molar-refractivity contribution is 5.79. The lowest BCUT2D eigenvalue weighted by Crippen LogP contribution is -2.43. The molecule has 1 aromatic carbocycles. The lowest BCUT2D eigenvalue weighted by atomic mass is 10.1. The Kier molecular flexibility index (Phi) is 5.27. The second-order valence-corrected chi connectivity index (χ2v) is 8.41. The summed E-state index contributed by atoms with van der Waals surface area (Å²) in [5.41, 5.74) is 5.49. The average Bonchev–Trinajstić information content (AvgIpc) is 3.19. The van der Waals surface area contributed by atoms with Crippen LogP contribution < -0.4 is 16.1 Å². The van der Waals surface area contributed by atoms with Crippen LogP contribution in [-0.2, 0) is 25.9 Å². The van der Waals surface area contributed by atoms with Gasteiger partial charge in [-0.3, -0.25) is 9.69 Å². The molecule has 1 fully saturated rings. The Morgan fingerprint density at radius 3 is 2.60 bits per heavy atom. The molecule has 1 aliphatic carbocycles. The van der Waals surface area contributed by atoms with E-state index in [1.54, 1.807) is 0 Å². The molecule has 6 nitrogen and oxygen atoms in total. The summed E-state index contributed by atoms with van der Waals surface area (Å²) in [4.78, 5) is 20.3. The molecule has 0 radical (unpaired) electrons. The van der Waals surface area contributed by atoms with Crippen molar-refractivity contribution in [3.63, 3.8) is 0 Å². The maximum Gasteiger partial charge on any atom is 0.195 e. The number of aromatic nitrogens is 2. The molecule has 2 aliphatic rings. The van der Waals surface area contributed by atoms with Crippen LogP contribution in [0.4, 0.5) is 5.69 Å². The molecule has 1 aliphatic heterocycles. The molecule has 2 aromatic heterocycles. The lowest BCUT2D eigenvalue weighted by molar-refractivity contribution is 0.232. The van der Waals surface area contributed by atoms with Gasteiger partial charge in [0, 0.05) is 57.1 Å². The predicted octanol–water partition coefficient (Wildman–Crippen LogP) is 2.40. The number of nitrogens with zero attached hydrogens (tertiary/aromatic N) is 3. The summed E-state index contributed by atoms with van der Waals surface area (Å²) in [5.74, 6) is 0. The molecule has 5 rings (SSSR count). The fourth-order valence-electron chi connectivity index (χ4n) is 4.77. The molecule has 2 N–H and O–H groups in total. The van der Waals surface area contributed by atoms with Crippen LogP contribution >= 0.6 is 0 Å². The van der Waals surface area contributed by atoms with Crippen molar-refractivity contribution < 1.29 is 0 Å². The van der Waals surface area contributed by atoms with Gasteiger partial charge >= 0.3 is 0 Å². The molecular formula is C24H29N5O. The summed E-state index contributed by atoms with van der Waals surface area (Å²) in [6.45, 7) is 7.51. The van der Waals surface area contributed by atoms with Crippen molar-refractivity contribution in [3.05, 3.63) is 69.6 Å². The fourth-order valence-corrected chi connectivity index (χ4v) is 4.77. The Morgan fingerprint density at radius 2 is 1.90 bits per heavy atom. The lowest BCUT2D eigenvalue weighted by Gasteiger charge is -2.27. The highest BCUT2D eigenvalue weighted by Crippen LogP contribution is 2.25. The zero-order valence-electron chi connectivity index (χ0n) is 17.5. The first kappa shape index (κ1) is 19.3. The maximum absolute atomic E-state index is 13.3. The van der Waals surface area contributed by atoms with Gasteiger partial charge in [0.05, 0.1) is 17.3 Å². The van der Waals surface area contributed by atoms with E-state index in [-0.39, 0.29) is 5.43 Å². The molecule has 3 aromatic rings. The van der Waals surface area contributed by atoms with E-state index < -0.39 is 0 Å². The average molecular weight is 404 g/mol. The number of benzene rings is 1. The van der Waals surface area contributed by atoms with Gasteiger partial charge in [-0.15, -0.1) is 0 Å². The first-order valence-electron chi connectivity index (χ1n) is 11.0. The van der Waals surface area contributed by atoms with E-state index in [2.05, 4.69) is 56.3 Å². The number of hydrogen-bond donors (Lipinski definition) is 2. The van der Waals surface area contributed by atoms with E-state index in [1.807, 2.05) is 18.5 Å². The molecule has 0 spiro atoms. The minimum absolute atomic E-state index is 0.110. The number of hydrogen-bond acceptors (Lipinski definition) is 5. The molecule has 0 saturated carbocycles. The van der Waals surface area contributed by atoms with Gasteiger partial charge in [-0.25, -0.2) is 4.98 Å². The number of nitrogens with one attached hydrogen (secondary N) is 2. The second-order valence-electron chi connectivity index (χ2n) is 8.41. The highest BCUT2D eigenvalue weighted by atomic mass is 16.1. The van der Waals surface area contributed by atoms with Gasteiger partial charge < -0.3 is 15.2 Å². The zero-order valence-corrected chi connectivity index (χ0v) is 17.5. The van der Waals surface area contributed by atoms with Crippen LogP contribution in [0.25, 0.3) is 11.0 Å². The van der Waals surface area contributed by atoms with Gasteiger partial charge in [-0.05, 0) is 37.0 Å². The molecule has 30 heavy (non-hydrogen) atoms. The predicted molar refractivity (Wildman–Crippen MR) is 121 cm³/mol. The summed E-state index contributed by atoms with van der Waals surface area (Å²) in [6.07, 6.45) is 5.89. The van der Waals surface area contributed by atoms with Crippen LogP contribution in [0.1, 0.15) is 23.6 Å². The standard InChI is InChI=1S/C24H29N5O/c1-2-29-16-19(15-28-9-7-25-8-10-28)23(30)22-13-21(14-26-24(22)29)27-20-11-17-5-3-4-6-18(17)12-20/h3-6,13-14,16,20,25,27H,2,7-12,15H2,1H3. The molecule has 3 heterocycles. The normalized spacial score (nSPS) is 17.4. The summed E-state index contributed by atoms with van der Waals surface area (Å²) in [5, 5.41) is 7.70. The van der Waals surface area contributed by atoms with Crippen molar-refractivity contribution in [2.75, 3.05) is 31.5 Å². The van der Waals surface area contributed by atoms with Gasteiger partial charge in [0.2, 0.25) is 0 Å². The van der Waals surface area contributed by atoms with Crippen LogP contribution in [0.3, 0.4) is 0 Å². The number of rotatable bonds is 5. The van der Waals surface area contributed by atoms with E-state index >= 15 is 0 Å². The Hall–Kier alpha value is -2.70. The van der Waals surface area contributed by atoms with Crippen molar-refractivity contribution in [3.8, 4) is 0 Å². The van der Waals surface area contributed by atoms with Crippen LogP contribution in [0.5, 0.6) is 0 Å². The first-order chi connectivity index (χ1) is 14.7. The number of pyridine rings is 2. The van der Waals surface area contributed by atoms with Gasteiger partial charge in [-0.2, -0.15) is 0 Å². The maximum atomic E-state index is 13.3. The highest BCUT2D eigenvalue weighted by Gasteiger charge is 2.21. The Bertz CT molecular complexity index is 1090. The van der Waals surface area contributed by atoms with Gasteiger partial charge in [0.1, 0.15) is 5.65 Å². The first-order valence-corrected chi connectivity index (χ1v) is 11.0. The SMILES string of the molecule is CCn1cc(CN2CCNCC2)c(=O)c2cc(NC3Cc4ccccc4C3)cnc21. The van der Waals surface area contributed by atoms with E-state index in [9.17, 15) is 4.79 Å². The van der Waals surface area contributed by atoms with Crippen molar-refractivity contribution in [1.29, 1.82) is 0 Å². The summed E-state index contributed by atoms with van der Waals surface area (Å²) < 4.78 is 2.10. The molecular weight excluding hydrogens is 374 g/mol. The fraction of sp³-hybridized carbons (Fsp3) is 0.417. The van der Waals surface area contributed by atoms with Crippen molar-refractivity contribution in [2.24, 2.45) is 0 Å². The van der Waals surface area contributed by atoms with E-state index in [0.717, 1.165) is 62.5 Å². The molecule has 0 atom stereocenters. The van der Waals surface area contributed by atoms with Crippen LogP contribution in [0, 0.1) is 0 Å². The summed E-state index contributed by atoms with van der Waals surface area (Å²) in [7, 11) is 0.